The molecule has 4 heteroatoms. The van der Waals surface area contributed by atoms with E-state index in [1.165, 1.54) is 31.9 Å². The molecular formula is C13H18N4. The van der Waals surface area contributed by atoms with E-state index in [-0.39, 0.29) is 0 Å². The van der Waals surface area contributed by atoms with Gasteiger partial charge >= 0.3 is 0 Å². The lowest BCUT2D eigenvalue weighted by Crippen LogP contribution is -2.24. The Kier molecular flexibility index (Phi) is 3.92. The summed E-state index contributed by atoms with van der Waals surface area (Å²) in [5.74, 6) is 2.30. The molecule has 2 rings (SSSR count). The normalized spacial score (nSPS) is 24.0. The molecule has 90 valence electrons. The Balaban J connectivity index is 1.86. The topological polar surface area (TPSA) is 61.6 Å². The van der Waals surface area contributed by atoms with Gasteiger partial charge in [-0.25, -0.2) is 9.97 Å². The van der Waals surface area contributed by atoms with Gasteiger partial charge in [-0.05, 0) is 18.3 Å². The Morgan fingerprint density at radius 3 is 2.82 bits per heavy atom. The van der Waals surface area contributed by atoms with E-state index in [2.05, 4.69) is 22.2 Å². The largest absolute Gasteiger partial charge is 0.369 e. The van der Waals surface area contributed by atoms with Crippen LogP contribution in [-0.4, -0.2) is 16.5 Å². The van der Waals surface area contributed by atoms with Gasteiger partial charge in [0.25, 0.3) is 0 Å². The second-order valence-corrected chi connectivity index (χ2v) is 4.80. The summed E-state index contributed by atoms with van der Waals surface area (Å²) < 4.78 is 0. The van der Waals surface area contributed by atoms with E-state index in [9.17, 15) is 0 Å². The summed E-state index contributed by atoms with van der Waals surface area (Å²) in [4.78, 5) is 8.16. The van der Waals surface area contributed by atoms with Gasteiger partial charge in [0, 0.05) is 6.54 Å². The van der Waals surface area contributed by atoms with E-state index in [0.29, 0.717) is 5.69 Å². The van der Waals surface area contributed by atoms with Gasteiger partial charge in [-0.3, -0.25) is 0 Å². The summed E-state index contributed by atoms with van der Waals surface area (Å²) in [7, 11) is 0. The zero-order valence-electron chi connectivity index (χ0n) is 10.2. The quantitative estimate of drug-likeness (QED) is 0.867. The third-order valence-electron chi connectivity index (χ3n) is 3.60. The maximum atomic E-state index is 8.62. The van der Waals surface area contributed by atoms with Gasteiger partial charge < -0.3 is 5.32 Å². The summed E-state index contributed by atoms with van der Waals surface area (Å²) in [6.07, 6.45) is 8.49. The molecule has 0 aromatic carbocycles. The number of nitrogens with one attached hydrogen (secondary N) is 1. The van der Waals surface area contributed by atoms with E-state index in [0.717, 1.165) is 24.2 Å². The van der Waals surface area contributed by atoms with Crippen molar-refractivity contribution >= 4 is 5.82 Å². The molecule has 1 aromatic heterocycles. The zero-order valence-corrected chi connectivity index (χ0v) is 10.2. The van der Waals surface area contributed by atoms with Gasteiger partial charge in [0.15, 0.2) is 5.69 Å². The maximum Gasteiger partial charge on any atom is 0.158 e. The van der Waals surface area contributed by atoms with Crippen LogP contribution in [0.2, 0.25) is 0 Å². The van der Waals surface area contributed by atoms with Crippen molar-refractivity contribution in [3.63, 3.8) is 0 Å². The van der Waals surface area contributed by atoms with Crippen LogP contribution in [0.25, 0.3) is 0 Å². The first kappa shape index (κ1) is 11.8. The predicted molar refractivity (Wildman–Crippen MR) is 66.4 cm³/mol. The van der Waals surface area contributed by atoms with Crippen molar-refractivity contribution in [1.29, 1.82) is 5.26 Å². The van der Waals surface area contributed by atoms with Crippen molar-refractivity contribution in [2.45, 2.75) is 32.6 Å². The molecule has 4 nitrogen and oxygen atoms in total. The molecule has 2 atom stereocenters. The van der Waals surface area contributed by atoms with E-state index in [4.69, 9.17) is 5.26 Å². The van der Waals surface area contributed by atoms with E-state index < -0.39 is 0 Å². The minimum absolute atomic E-state index is 0.363. The molecule has 1 saturated carbocycles. The van der Waals surface area contributed by atoms with Gasteiger partial charge in [-0.15, -0.1) is 0 Å². The molecule has 0 spiro atoms. The van der Waals surface area contributed by atoms with Crippen LogP contribution < -0.4 is 5.32 Å². The smallest absolute Gasteiger partial charge is 0.158 e. The minimum Gasteiger partial charge on any atom is -0.369 e. The first-order valence-corrected chi connectivity index (χ1v) is 6.25. The molecular weight excluding hydrogens is 212 g/mol. The molecule has 17 heavy (non-hydrogen) atoms. The van der Waals surface area contributed by atoms with E-state index >= 15 is 0 Å². The van der Waals surface area contributed by atoms with Crippen LogP contribution in [0.3, 0.4) is 0 Å². The Labute approximate surface area is 102 Å². The van der Waals surface area contributed by atoms with Crippen LogP contribution in [0.4, 0.5) is 5.82 Å². The summed E-state index contributed by atoms with van der Waals surface area (Å²) in [5.41, 5.74) is 0.363. The highest BCUT2D eigenvalue weighted by Crippen LogP contribution is 2.29. The van der Waals surface area contributed by atoms with Gasteiger partial charge in [0.2, 0.25) is 0 Å². The molecule has 0 amide bonds. The van der Waals surface area contributed by atoms with Crippen molar-refractivity contribution in [3.05, 3.63) is 18.1 Å². The lowest BCUT2D eigenvalue weighted by molar-refractivity contribution is 0.268. The average molecular weight is 230 g/mol. The first-order valence-electron chi connectivity index (χ1n) is 6.25. The van der Waals surface area contributed by atoms with Gasteiger partial charge in [-0.2, -0.15) is 5.26 Å². The molecule has 1 aliphatic rings. The van der Waals surface area contributed by atoms with E-state index in [1.807, 2.05) is 6.07 Å². The maximum absolute atomic E-state index is 8.62. The molecule has 1 N–H and O–H groups in total. The SMILES string of the molecule is CC1CCCCC1CNc1cnc(C#N)cn1. The minimum atomic E-state index is 0.363. The standard InChI is InChI=1S/C13H18N4/c1-10-4-2-3-5-11(10)7-16-13-9-15-12(6-14)8-17-13/h8-11H,2-5,7H2,1H3,(H,16,17). The number of nitrogens with zero attached hydrogens (tertiary/aromatic N) is 3. The molecule has 0 bridgehead atoms. The Bertz CT molecular complexity index is 393. The predicted octanol–water partition coefficient (Wildman–Crippen LogP) is 2.59. The third-order valence-corrected chi connectivity index (χ3v) is 3.60. The van der Waals surface area contributed by atoms with Crippen molar-refractivity contribution < 1.29 is 0 Å². The average Bonchev–Trinajstić information content (AvgIpc) is 2.38. The molecule has 0 saturated heterocycles. The molecule has 0 radical (unpaired) electrons. The number of nitriles is 1. The van der Waals surface area contributed by atoms with Crippen LogP contribution in [0.1, 0.15) is 38.3 Å². The fraction of sp³-hybridized carbons (Fsp3) is 0.615. The van der Waals surface area contributed by atoms with Crippen LogP contribution in [0, 0.1) is 23.2 Å². The molecule has 1 fully saturated rings. The lowest BCUT2D eigenvalue weighted by Gasteiger charge is -2.28. The third kappa shape index (κ3) is 3.16. The summed E-state index contributed by atoms with van der Waals surface area (Å²) >= 11 is 0. The zero-order chi connectivity index (χ0) is 12.1. The highest BCUT2D eigenvalue weighted by atomic mass is 15.0. The second kappa shape index (κ2) is 5.62. The number of aromatic nitrogens is 2. The number of hydrogen-bond acceptors (Lipinski definition) is 4. The molecule has 1 aromatic rings. The van der Waals surface area contributed by atoms with Crippen molar-refractivity contribution in [2.24, 2.45) is 11.8 Å². The molecule has 2 unspecified atom stereocenters. The van der Waals surface area contributed by atoms with Crippen LogP contribution >= 0.6 is 0 Å². The molecule has 0 aliphatic heterocycles. The Morgan fingerprint density at radius 1 is 1.35 bits per heavy atom. The van der Waals surface area contributed by atoms with Crippen molar-refractivity contribution in [3.8, 4) is 6.07 Å². The Hall–Kier alpha value is -1.63. The van der Waals surface area contributed by atoms with Crippen LogP contribution in [0.15, 0.2) is 12.4 Å². The highest BCUT2D eigenvalue weighted by Gasteiger charge is 2.20. The number of rotatable bonds is 3. The van der Waals surface area contributed by atoms with Crippen molar-refractivity contribution in [2.75, 3.05) is 11.9 Å². The second-order valence-electron chi connectivity index (χ2n) is 4.80. The van der Waals surface area contributed by atoms with Gasteiger partial charge in [0.05, 0.1) is 12.4 Å². The monoisotopic (exact) mass is 230 g/mol. The number of anilines is 1. The Morgan fingerprint density at radius 2 is 2.18 bits per heavy atom. The van der Waals surface area contributed by atoms with Crippen LogP contribution in [0.5, 0.6) is 0 Å². The number of hydrogen-bond donors (Lipinski definition) is 1. The lowest BCUT2D eigenvalue weighted by atomic mass is 9.80. The van der Waals surface area contributed by atoms with Crippen LogP contribution in [-0.2, 0) is 0 Å². The highest BCUT2D eigenvalue weighted by molar-refractivity contribution is 5.33. The summed E-state index contributed by atoms with van der Waals surface area (Å²) in [6, 6.07) is 1.97. The fourth-order valence-electron chi connectivity index (χ4n) is 2.41. The molecule has 1 aliphatic carbocycles. The fourth-order valence-corrected chi connectivity index (χ4v) is 2.41. The van der Waals surface area contributed by atoms with Crippen molar-refractivity contribution in [1.82, 2.24) is 9.97 Å². The van der Waals surface area contributed by atoms with Gasteiger partial charge in [-0.1, -0.05) is 26.2 Å². The van der Waals surface area contributed by atoms with Gasteiger partial charge in [0.1, 0.15) is 11.9 Å². The van der Waals surface area contributed by atoms with E-state index in [1.54, 1.807) is 6.20 Å². The first-order chi connectivity index (χ1) is 8.29. The molecule has 1 heterocycles. The summed E-state index contributed by atoms with van der Waals surface area (Å²) in [5, 5.41) is 11.9. The summed E-state index contributed by atoms with van der Waals surface area (Å²) in [6.45, 7) is 3.29.